The molecule has 0 amide bonds. The molecular formula is C17H22N2O2. The molecular weight excluding hydrogens is 264 g/mol. The number of benzene rings is 1. The van der Waals surface area contributed by atoms with Crippen LogP contribution in [0.25, 0.3) is 0 Å². The zero-order chi connectivity index (χ0) is 15.1. The van der Waals surface area contributed by atoms with Gasteiger partial charge in [0.1, 0.15) is 11.6 Å². The number of rotatable bonds is 8. The number of ether oxygens (including phenoxy) is 1. The third-order valence-corrected chi connectivity index (χ3v) is 3.21. The Kier molecular flexibility index (Phi) is 5.55. The normalized spacial score (nSPS) is 10.6. The van der Waals surface area contributed by atoms with E-state index in [0.717, 1.165) is 31.0 Å². The van der Waals surface area contributed by atoms with Crippen molar-refractivity contribution in [2.75, 3.05) is 6.61 Å². The molecule has 0 spiro atoms. The zero-order valence-electron chi connectivity index (χ0n) is 12.7. The standard InChI is InChI=1S/C17H22N2O2/c1-3-9-19-10-8-18-17(19)13-16(20)14-6-5-7-15(12-14)21-11-4-2/h5-8,10,12H,3-4,9,11,13H2,1-2H3. The summed E-state index contributed by atoms with van der Waals surface area (Å²) in [5.41, 5.74) is 0.676. The van der Waals surface area contributed by atoms with Gasteiger partial charge in [0.2, 0.25) is 0 Å². The molecule has 112 valence electrons. The fourth-order valence-electron chi connectivity index (χ4n) is 2.18. The maximum atomic E-state index is 12.4. The number of aromatic nitrogens is 2. The predicted molar refractivity (Wildman–Crippen MR) is 82.8 cm³/mol. The molecule has 2 aromatic rings. The van der Waals surface area contributed by atoms with Crippen LogP contribution >= 0.6 is 0 Å². The van der Waals surface area contributed by atoms with E-state index < -0.39 is 0 Å². The largest absolute Gasteiger partial charge is 0.494 e. The summed E-state index contributed by atoms with van der Waals surface area (Å²) in [6.07, 6.45) is 5.97. The Morgan fingerprint density at radius 3 is 2.90 bits per heavy atom. The molecule has 4 nitrogen and oxygen atoms in total. The van der Waals surface area contributed by atoms with Crippen LogP contribution in [-0.2, 0) is 13.0 Å². The molecule has 21 heavy (non-hydrogen) atoms. The van der Waals surface area contributed by atoms with Crippen molar-refractivity contribution < 1.29 is 9.53 Å². The summed E-state index contributed by atoms with van der Waals surface area (Å²) < 4.78 is 7.61. The molecule has 0 atom stereocenters. The first-order valence-electron chi connectivity index (χ1n) is 7.50. The van der Waals surface area contributed by atoms with Gasteiger partial charge in [0.25, 0.3) is 0 Å². The molecule has 4 heteroatoms. The maximum absolute atomic E-state index is 12.4. The number of carbonyl (C=O) groups is 1. The van der Waals surface area contributed by atoms with Gasteiger partial charge in [-0.15, -0.1) is 0 Å². The summed E-state index contributed by atoms with van der Waals surface area (Å²) in [6, 6.07) is 7.38. The highest BCUT2D eigenvalue weighted by atomic mass is 16.5. The van der Waals surface area contributed by atoms with Crippen LogP contribution in [0.1, 0.15) is 42.9 Å². The topological polar surface area (TPSA) is 44.1 Å². The van der Waals surface area contributed by atoms with Gasteiger partial charge >= 0.3 is 0 Å². The van der Waals surface area contributed by atoms with Crippen LogP contribution < -0.4 is 4.74 Å². The Morgan fingerprint density at radius 2 is 2.14 bits per heavy atom. The number of Topliss-reactive ketones (excluding diaryl/α,β-unsaturated/α-hetero) is 1. The van der Waals surface area contributed by atoms with E-state index in [1.54, 1.807) is 6.20 Å². The first-order valence-corrected chi connectivity index (χ1v) is 7.50. The third-order valence-electron chi connectivity index (χ3n) is 3.21. The molecule has 1 heterocycles. The third kappa shape index (κ3) is 4.18. The molecule has 0 fully saturated rings. The lowest BCUT2D eigenvalue weighted by Gasteiger charge is -2.08. The fraction of sp³-hybridized carbons (Fsp3) is 0.412. The lowest BCUT2D eigenvalue weighted by atomic mass is 10.1. The van der Waals surface area contributed by atoms with E-state index in [2.05, 4.69) is 18.8 Å². The molecule has 0 aliphatic carbocycles. The van der Waals surface area contributed by atoms with Crippen LogP contribution in [0.5, 0.6) is 5.75 Å². The minimum absolute atomic E-state index is 0.0699. The number of nitrogens with zero attached hydrogens (tertiary/aromatic N) is 2. The van der Waals surface area contributed by atoms with Gasteiger partial charge in [-0.05, 0) is 25.0 Å². The van der Waals surface area contributed by atoms with Gasteiger partial charge in [-0.25, -0.2) is 4.98 Å². The van der Waals surface area contributed by atoms with Crippen molar-refractivity contribution in [1.82, 2.24) is 9.55 Å². The van der Waals surface area contributed by atoms with E-state index in [0.29, 0.717) is 18.6 Å². The van der Waals surface area contributed by atoms with Gasteiger partial charge in [-0.3, -0.25) is 4.79 Å². The minimum Gasteiger partial charge on any atom is -0.494 e. The van der Waals surface area contributed by atoms with E-state index in [9.17, 15) is 4.79 Å². The summed E-state index contributed by atoms with van der Waals surface area (Å²) in [5.74, 6) is 1.64. The highest BCUT2D eigenvalue weighted by molar-refractivity contribution is 5.97. The quantitative estimate of drug-likeness (QED) is 0.698. The number of imidazole rings is 1. The smallest absolute Gasteiger partial charge is 0.170 e. The van der Waals surface area contributed by atoms with Crippen LogP contribution in [-0.4, -0.2) is 21.9 Å². The average molecular weight is 286 g/mol. The molecule has 0 radical (unpaired) electrons. The van der Waals surface area contributed by atoms with Crippen molar-refractivity contribution in [1.29, 1.82) is 0 Å². The first-order chi connectivity index (χ1) is 10.2. The second kappa shape index (κ2) is 7.62. The number of carbonyl (C=O) groups excluding carboxylic acids is 1. The van der Waals surface area contributed by atoms with E-state index in [-0.39, 0.29) is 5.78 Å². The van der Waals surface area contributed by atoms with Gasteiger partial charge in [-0.2, -0.15) is 0 Å². The number of hydrogen-bond acceptors (Lipinski definition) is 3. The molecule has 1 aromatic heterocycles. The number of aryl methyl sites for hydroxylation is 1. The van der Waals surface area contributed by atoms with E-state index in [1.165, 1.54) is 0 Å². The molecule has 1 aromatic carbocycles. The molecule has 0 saturated heterocycles. The van der Waals surface area contributed by atoms with Crippen LogP contribution in [0.2, 0.25) is 0 Å². The Bertz CT molecular complexity index is 590. The van der Waals surface area contributed by atoms with Crippen molar-refractivity contribution in [3.8, 4) is 5.75 Å². The average Bonchev–Trinajstić information content (AvgIpc) is 2.93. The maximum Gasteiger partial charge on any atom is 0.170 e. The molecule has 0 bridgehead atoms. The Morgan fingerprint density at radius 1 is 1.29 bits per heavy atom. The second-order valence-electron chi connectivity index (χ2n) is 5.01. The van der Waals surface area contributed by atoms with Crippen molar-refractivity contribution in [3.05, 3.63) is 48.0 Å². The highest BCUT2D eigenvalue weighted by Crippen LogP contribution is 2.15. The van der Waals surface area contributed by atoms with Crippen molar-refractivity contribution in [3.63, 3.8) is 0 Å². The van der Waals surface area contributed by atoms with Crippen molar-refractivity contribution in [2.45, 2.75) is 39.7 Å². The molecule has 0 saturated carbocycles. The lowest BCUT2D eigenvalue weighted by Crippen LogP contribution is -2.10. The van der Waals surface area contributed by atoms with Crippen LogP contribution in [0.3, 0.4) is 0 Å². The molecule has 0 N–H and O–H groups in total. The first kappa shape index (κ1) is 15.3. The predicted octanol–water partition coefficient (Wildman–Crippen LogP) is 3.51. The molecule has 0 aliphatic rings. The fourth-order valence-corrected chi connectivity index (χ4v) is 2.18. The Hall–Kier alpha value is -2.10. The Labute approximate surface area is 125 Å². The van der Waals surface area contributed by atoms with Gasteiger partial charge in [-0.1, -0.05) is 26.0 Å². The van der Waals surface area contributed by atoms with E-state index >= 15 is 0 Å². The summed E-state index contributed by atoms with van der Waals surface area (Å²) in [5, 5.41) is 0. The van der Waals surface area contributed by atoms with Crippen molar-refractivity contribution in [2.24, 2.45) is 0 Å². The van der Waals surface area contributed by atoms with E-state index in [4.69, 9.17) is 4.74 Å². The van der Waals surface area contributed by atoms with Gasteiger partial charge < -0.3 is 9.30 Å². The van der Waals surface area contributed by atoms with Crippen LogP contribution in [0, 0.1) is 0 Å². The summed E-state index contributed by atoms with van der Waals surface area (Å²) >= 11 is 0. The molecule has 0 unspecified atom stereocenters. The van der Waals surface area contributed by atoms with Gasteiger partial charge in [0.15, 0.2) is 5.78 Å². The van der Waals surface area contributed by atoms with E-state index in [1.807, 2.05) is 35.0 Å². The molecule has 2 rings (SSSR count). The lowest BCUT2D eigenvalue weighted by molar-refractivity contribution is 0.0989. The van der Waals surface area contributed by atoms with Crippen molar-refractivity contribution >= 4 is 5.78 Å². The van der Waals surface area contributed by atoms with Gasteiger partial charge in [0, 0.05) is 24.5 Å². The number of ketones is 1. The number of hydrogen-bond donors (Lipinski definition) is 0. The van der Waals surface area contributed by atoms with Crippen LogP contribution in [0.4, 0.5) is 0 Å². The summed E-state index contributed by atoms with van der Waals surface area (Å²) in [4.78, 5) is 16.7. The zero-order valence-corrected chi connectivity index (χ0v) is 12.7. The summed E-state index contributed by atoms with van der Waals surface area (Å²) in [7, 11) is 0. The minimum atomic E-state index is 0.0699. The van der Waals surface area contributed by atoms with Gasteiger partial charge in [0.05, 0.1) is 13.0 Å². The van der Waals surface area contributed by atoms with Crippen LogP contribution in [0.15, 0.2) is 36.7 Å². The SMILES string of the molecule is CCCOc1cccc(C(=O)Cc2nccn2CCC)c1. The second-order valence-corrected chi connectivity index (χ2v) is 5.01. The Balaban J connectivity index is 2.07. The monoisotopic (exact) mass is 286 g/mol. The molecule has 0 aliphatic heterocycles. The highest BCUT2D eigenvalue weighted by Gasteiger charge is 2.12. The summed E-state index contributed by atoms with van der Waals surface area (Å²) in [6.45, 7) is 5.73.